The number of hydrogen-bond donors (Lipinski definition) is 2. The minimum absolute atomic E-state index is 0.128. The molecule has 0 aliphatic heterocycles. The Morgan fingerprint density at radius 2 is 2.27 bits per heavy atom. The lowest BCUT2D eigenvalue weighted by Crippen LogP contribution is -2.16. The second kappa shape index (κ2) is 7.95. The molecule has 0 aliphatic carbocycles. The third-order valence-corrected chi connectivity index (χ3v) is 3.71. The average molecular weight is 339 g/mol. The highest BCUT2D eigenvalue weighted by atomic mass is 35.5. The zero-order chi connectivity index (χ0) is 15.9. The van der Waals surface area contributed by atoms with E-state index in [1.807, 2.05) is 6.92 Å². The third-order valence-electron chi connectivity index (χ3n) is 2.61. The van der Waals surface area contributed by atoms with Crippen LogP contribution in [0.3, 0.4) is 0 Å². The molecule has 2 aromatic heterocycles. The molecule has 0 fully saturated rings. The number of amides is 1. The van der Waals surface area contributed by atoms with E-state index in [4.69, 9.17) is 11.6 Å². The molecule has 2 aromatic rings. The lowest BCUT2D eigenvalue weighted by atomic mass is 10.2. The maximum absolute atomic E-state index is 11.8. The highest BCUT2D eigenvalue weighted by Crippen LogP contribution is 2.13. The summed E-state index contributed by atoms with van der Waals surface area (Å²) in [6, 6.07) is 4.74. The van der Waals surface area contributed by atoms with Crippen LogP contribution in [-0.4, -0.2) is 26.6 Å². The molecule has 2 N–H and O–H groups in total. The Balaban J connectivity index is 1.93. The van der Waals surface area contributed by atoms with E-state index >= 15 is 0 Å². The number of aromatic nitrogens is 3. The van der Waals surface area contributed by atoms with Crippen LogP contribution in [-0.2, 0) is 11.2 Å². The summed E-state index contributed by atoms with van der Waals surface area (Å²) in [6.07, 6.45) is 3.10. The van der Waals surface area contributed by atoms with Crippen LogP contribution >= 0.6 is 23.4 Å². The van der Waals surface area contributed by atoms with Gasteiger partial charge in [-0.3, -0.25) is 9.59 Å². The van der Waals surface area contributed by atoms with Crippen molar-refractivity contribution in [2.24, 2.45) is 0 Å². The Labute approximate surface area is 136 Å². The van der Waals surface area contributed by atoms with E-state index in [1.54, 1.807) is 12.1 Å². The van der Waals surface area contributed by atoms with Crippen molar-refractivity contribution in [1.29, 1.82) is 0 Å². The lowest BCUT2D eigenvalue weighted by Gasteiger charge is -2.05. The minimum atomic E-state index is -0.233. The summed E-state index contributed by atoms with van der Waals surface area (Å²) in [7, 11) is 0. The van der Waals surface area contributed by atoms with Gasteiger partial charge < -0.3 is 10.3 Å². The number of H-pyrrole nitrogens is 1. The van der Waals surface area contributed by atoms with Gasteiger partial charge in [0.2, 0.25) is 5.91 Å². The topological polar surface area (TPSA) is 87.7 Å². The Bertz CT molecular complexity index is 703. The second-order valence-corrected chi connectivity index (χ2v) is 5.89. The van der Waals surface area contributed by atoms with Gasteiger partial charge in [-0.25, -0.2) is 9.97 Å². The number of aromatic amines is 1. The summed E-state index contributed by atoms with van der Waals surface area (Å²) in [4.78, 5) is 34.3. The maximum Gasteiger partial charge on any atom is 0.251 e. The molecule has 2 heterocycles. The number of hydrogen-bond acceptors (Lipinski definition) is 5. The van der Waals surface area contributed by atoms with Crippen molar-refractivity contribution >= 4 is 35.1 Å². The number of nitrogens with one attached hydrogen (secondary N) is 2. The number of anilines is 1. The number of pyridine rings is 1. The highest BCUT2D eigenvalue weighted by Gasteiger charge is 2.07. The summed E-state index contributed by atoms with van der Waals surface area (Å²) in [6.45, 7) is 2.02. The Hall–Kier alpha value is -1.86. The van der Waals surface area contributed by atoms with Gasteiger partial charge >= 0.3 is 0 Å². The van der Waals surface area contributed by atoms with Gasteiger partial charge in [0.05, 0.1) is 10.8 Å². The molecule has 0 spiro atoms. The quantitative estimate of drug-likeness (QED) is 0.624. The molecule has 8 heteroatoms. The predicted molar refractivity (Wildman–Crippen MR) is 87.5 cm³/mol. The van der Waals surface area contributed by atoms with Gasteiger partial charge in [-0.05, 0) is 18.6 Å². The summed E-state index contributed by atoms with van der Waals surface area (Å²) >= 11 is 6.90. The van der Waals surface area contributed by atoms with Crippen molar-refractivity contribution in [3.63, 3.8) is 0 Å². The van der Waals surface area contributed by atoms with E-state index in [-0.39, 0.29) is 17.2 Å². The highest BCUT2D eigenvalue weighted by molar-refractivity contribution is 7.99. The van der Waals surface area contributed by atoms with Crippen LogP contribution in [0.25, 0.3) is 0 Å². The van der Waals surface area contributed by atoms with Crippen molar-refractivity contribution in [2.45, 2.75) is 24.9 Å². The lowest BCUT2D eigenvalue weighted by molar-refractivity contribution is -0.113. The molecule has 0 saturated heterocycles. The molecule has 1 amide bonds. The van der Waals surface area contributed by atoms with Gasteiger partial charge in [0.25, 0.3) is 5.56 Å². The van der Waals surface area contributed by atoms with Gasteiger partial charge in [0, 0.05) is 18.0 Å². The molecule has 0 radical (unpaired) electrons. The van der Waals surface area contributed by atoms with Gasteiger partial charge in [-0.15, -0.1) is 0 Å². The van der Waals surface area contributed by atoms with Gasteiger partial charge in [0.15, 0.2) is 5.16 Å². The van der Waals surface area contributed by atoms with Crippen molar-refractivity contribution in [2.75, 3.05) is 11.1 Å². The first-order valence-electron chi connectivity index (χ1n) is 6.71. The number of thioether (sulfide) groups is 1. The van der Waals surface area contributed by atoms with E-state index < -0.39 is 0 Å². The van der Waals surface area contributed by atoms with E-state index in [9.17, 15) is 9.59 Å². The molecule has 116 valence electrons. The molecule has 2 rings (SSSR count). The molecule has 0 saturated carbocycles. The number of rotatable bonds is 6. The normalized spacial score (nSPS) is 10.5. The zero-order valence-electron chi connectivity index (χ0n) is 11.9. The smallest absolute Gasteiger partial charge is 0.251 e. The van der Waals surface area contributed by atoms with Crippen LogP contribution < -0.4 is 10.9 Å². The van der Waals surface area contributed by atoms with Crippen molar-refractivity contribution < 1.29 is 4.79 Å². The zero-order valence-corrected chi connectivity index (χ0v) is 13.5. The number of halogens is 1. The molecule has 22 heavy (non-hydrogen) atoms. The van der Waals surface area contributed by atoms with Crippen LogP contribution in [0.2, 0.25) is 5.02 Å². The van der Waals surface area contributed by atoms with Crippen LogP contribution in [0.5, 0.6) is 0 Å². The Morgan fingerprint density at radius 3 is 2.95 bits per heavy atom. The number of carbonyl (C=O) groups is 1. The Morgan fingerprint density at radius 1 is 1.45 bits per heavy atom. The Kier molecular flexibility index (Phi) is 5.97. The van der Waals surface area contributed by atoms with Crippen LogP contribution in [0.4, 0.5) is 5.82 Å². The van der Waals surface area contributed by atoms with E-state index in [0.717, 1.165) is 18.5 Å². The fraction of sp³-hybridized carbons (Fsp3) is 0.286. The van der Waals surface area contributed by atoms with Crippen LogP contribution in [0.15, 0.2) is 34.3 Å². The molecule has 0 atom stereocenters. The number of aryl methyl sites for hydroxylation is 1. The number of carbonyl (C=O) groups excluding carboxylic acids is 1. The SMILES string of the molecule is CCCc1cc(=O)[nH]c(SCC(=O)Nc2ccc(Cl)cn2)n1. The van der Waals surface area contributed by atoms with E-state index in [2.05, 4.69) is 20.3 Å². The van der Waals surface area contributed by atoms with Gasteiger partial charge in [0.1, 0.15) is 5.82 Å². The first-order valence-corrected chi connectivity index (χ1v) is 8.07. The van der Waals surface area contributed by atoms with Crippen molar-refractivity contribution in [3.8, 4) is 0 Å². The first-order chi connectivity index (χ1) is 10.6. The summed E-state index contributed by atoms with van der Waals surface area (Å²) in [5.74, 6) is 0.322. The van der Waals surface area contributed by atoms with Gasteiger partial charge in [-0.2, -0.15) is 0 Å². The monoisotopic (exact) mass is 338 g/mol. The number of nitrogens with zero attached hydrogens (tertiary/aromatic N) is 2. The fourth-order valence-electron chi connectivity index (χ4n) is 1.70. The predicted octanol–water partition coefficient (Wildman–Crippen LogP) is 2.50. The minimum Gasteiger partial charge on any atom is -0.310 e. The standard InChI is InChI=1S/C14H15ClN4O2S/c1-2-3-10-6-12(20)19-14(17-10)22-8-13(21)18-11-5-4-9(15)7-16-11/h4-7H,2-3,8H2,1H3,(H,16,18,21)(H,17,19,20). The summed E-state index contributed by atoms with van der Waals surface area (Å²) < 4.78 is 0. The second-order valence-electron chi connectivity index (χ2n) is 4.49. The fourth-order valence-corrected chi connectivity index (χ4v) is 2.50. The van der Waals surface area contributed by atoms with Gasteiger partial charge in [-0.1, -0.05) is 36.7 Å². The molecule has 0 unspecified atom stereocenters. The molecule has 0 aliphatic rings. The van der Waals surface area contributed by atoms with E-state index in [1.165, 1.54) is 24.0 Å². The molecule has 6 nitrogen and oxygen atoms in total. The summed E-state index contributed by atoms with van der Waals surface area (Å²) in [5.41, 5.74) is 0.522. The van der Waals surface area contributed by atoms with E-state index in [0.29, 0.717) is 16.0 Å². The molecule has 0 aromatic carbocycles. The third kappa shape index (κ3) is 5.16. The maximum atomic E-state index is 11.8. The molecule has 0 bridgehead atoms. The van der Waals surface area contributed by atoms with Crippen LogP contribution in [0.1, 0.15) is 19.0 Å². The largest absolute Gasteiger partial charge is 0.310 e. The summed E-state index contributed by atoms with van der Waals surface area (Å²) in [5, 5.41) is 3.59. The molecular formula is C14H15ClN4O2S. The van der Waals surface area contributed by atoms with Crippen molar-refractivity contribution in [1.82, 2.24) is 15.0 Å². The average Bonchev–Trinajstić information content (AvgIpc) is 2.47. The van der Waals surface area contributed by atoms with Crippen molar-refractivity contribution in [3.05, 3.63) is 45.5 Å². The molecular weight excluding hydrogens is 324 g/mol. The van der Waals surface area contributed by atoms with Crippen LogP contribution in [0, 0.1) is 0 Å². The first kappa shape index (κ1) is 16.5.